The SMILES string of the molecule is CC(N)(Cc1cc(Br)ccc1F)c1ccccc1F. The van der Waals surface area contributed by atoms with Gasteiger partial charge in [0.25, 0.3) is 0 Å². The van der Waals surface area contributed by atoms with Crippen LogP contribution in [0.1, 0.15) is 18.1 Å². The molecule has 1 atom stereocenters. The van der Waals surface area contributed by atoms with Crippen LogP contribution in [0.5, 0.6) is 0 Å². The van der Waals surface area contributed by atoms with Gasteiger partial charge in [0.15, 0.2) is 0 Å². The van der Waals surface area contributed by atoms with E-state index in [0.29, 0.717) is 11.1 Å². The minimum atomic E-state index is -0.965. The Bertz CT molecular complexity index is 596. The highest BCUT2D eigenvalue weighted by Gasteiger charge is 2.26. The van der Waals surface area contributed by atoms with E-state index in [2.05, 4.69) is 15.9 Å². The Balaban J connectivity index is 2.36. The monoisotopic (exact) mass is 325 g/mol. The highest BCUT2D eigenvalue weighted by atomic mass is 79.9. The molecular formula is C15H14BrF2N. The molecule has 19 heavy (non-hydrogen) atoms. The molecule has 2 N–H and O–H groups in total. The molecule has 0 saturated heterocycles. The van der Waals surface area contributed by atoms with E-state index in [1.165, 1.54) is 12.1 Å². The number of hydrogen-bond acceptors (Lipinski definition) is 1. The quantitative estimate of drug-likeness (QED) is 0.901. The summed E-state index contributed by atoms with van der Waals surface area (Å²) in [5.41, 5.74) is 6.05. The van der Waals surface area contributed by atoms with Gasteiger partial charge in [-0.25, -0.2) is 8.78 Å². The second kappa shape index (κ2) is 5.39. The molecule has 0 bridgehead atoms. The number of hydrogen-bond donors (Lipinski definition) is 1. The summed E-state index contributed by atoms with van der Waals surface area (Å²) >= 11 is 3.29. The summed E-state index contributed by atoms with van der Waals surface area (Å²) in [6.45, 7) is 1.70. The van der Waals surface area contributed by atoms with E-state index in [4.69, 9.17) is 5.73 Å². The van der Waals surface area contributed by atoms with Crippen molar-refractivity contribution >= 4 is 15.9 Å². The summed E-state index contributed by atoms with van der Waals surface area (Å²) in [5.74, 6) is -0.709. The van der Waals surface area contributed by atoms with Gasteiger partial charge in [-0.1, -0.05) is 34.1 Å². The van der Waals surface area contributed by atoms with Crippen molar-refractivity contribution in [2.75, 3.05) is 0 Å². The van der Waals surface area contributed by atoms with E-state index in [1.807, 2.05) is 0 Å². The standard InChI is InChI=1S/C15H14BrF2N/c1-15(19,12-4-2-3-5-14(12)18)9-10-8-11(16)6-7-13(10)17/h2-8H,9,19H2,1H3. The van der Waals surface area contributed by atoms with E-state index < -0.39 is 5.54 Å². The molecule has 100 valence electrons. The van der Waals surface area contributed by atoms with Crippen LogP contribution in [-0.4, -0.2) is 0 Å². The average molecular weight is 326 g/mol. The zero-order valence-electron chi connectivity index (χ0n) is 10.5. The zero-order chi connectivity index (χ0) is 14.0. The zero-order valence-corrected chi connectivity index (χ0v) is 12.0. The van der Waals surface area contributed by atoms with Crippen LogP contribution in [0.2, 0.25) is 0 Å². The van der Waals surface area contributed by atoms with Crippen molar-refractivity contribution in [2.45, 2.75) is 18.9 Å². The lowest BCUT2D eigenvalue weighted by Gasteiger charge is -2.26. The Hall–Kier alpha value is -1.26. The van der Waals surface area contributed by atoms with Crippen LogP contribution < -0.4 is 5.73 Å². The summed E-state index contributed by atoms with van der Waals surface area (Å²) in [4.78, 5) is 0. The van der Waals surface area contributed by atoms with Crippen molar-refractivity contribution in [3.8, 4) is 0 Å². The smallest absolute Gasteiger partial charge is 0.128 e. The van der Waals surface area contributed by atoms with Crippen LogP contribution in [0, 0.1) is 11.6 Å². The maximum Gasteiger partial charge on any atom is 0.128 e. The van der Waals surface area contributed by atoms with Crippen LogP contribution in [-0.2, 0) is 12.0 Å². The van der Waals surface area contributed by atoms with E-state index in [1.54, 1.807) is 37.3 Å². The summed E-state index contributed by atoms with van der Waals surface area (Å²) in [5, 5.41) is 0. The predicted octanol–water partition coefficient (Wildman–Crippen LogP) is 4.14. The van der Waals surface area contributed by atoms with Crippen molar-refractivity contribution in [3.63, 3.8) is 0 Å². The molecule has 1 nitrogen and oxygen atoms in total. The molecule has 2 rings (SSSR count). The van der Waals surface area contributed by atoms with Crippen molar-refractivity contribution < 1.29 is 8.78 Å². The lowest BCUT2D eigenvalue weighted by Crippen LogP contribution is -2.36. The molecule has 4 heteroatoms. The topological polar surface area (TPSA) is 26.0 Å². The van der Waals surface area contributed by atoms with Gasteiger partial charge in [0.05, 0.1) is 0 Å². The summed E-state index contributed by atoms with van der Waals surface area (Å²) in [6.07, 6.45) is 0.221. The van der Waals surface area contributed by atoms with Crippen LogP contribution in [0.15, 0.2) is 46.9 Å². The lowest BCUT2D eigenvalue weighted by atomic mass is 9.86. The van der Waals surface area contributed by atoms with E-state index in [-0.39, 0.29) is 18.1 Å². The molecule has 0 fully saturated rings. The van der Waals surface area contributed by atoms with Crippen LogP contribution in [0.4, 0.5) is 8.78 Å². The van der Waals surface area contributed by atoms with Gasteiger partial charge in [-0.15, -0.1) is 0 Å². The molecule has 0 radical (unpaired) electrons. The fourth-order valence-corrected chi connectivity index (χ4v) is 2.50. The molecule has 0 aromatic heterocycles. The lowest BCUT2D eigenvalue weighted by molar-refractivity contribution is 0.447. The van der Waals surface area contributed by atoms with Crippen LogP contribution >= 0.6 is 15.9 Å². The van der Waals surface area contributed by atoms with Crippen molar-refractivity contribution in [1.29, 1.82) is 0 Å². The van der Waals surface area contributed by atoms with Gasteiger partial charge in [0.1, 0.15) is 11.6 Å². The van der Waals surface area contributed by atoms with Gasteiger partial charge >= 0.3 is 0 Å². The second-order valence-electron chi connectivity index (χ2n) is 4.81. The summed E-state index contributed by atoms with van der Waals surface area (Å²) < 4.78 is 28.3. The first-order chi connectivity index (χ1) is 8.90. The highest BCUT2D eigenvalue weighted by Crippen LogP contribution is 2.27. The molecule has 0 aliphatic carbocycles. The summed E-state index contributed by atoms with van der Waals surface area (Å²) in [6, 6.07) is 11.0. The largest absolute Gasteiger partial charge is 0.321 e. The average Bonchev–Trinajstić information content (AvgIpc) is 2.34. The minimum Gasteiger partial charge on any atom is -0.321 e. The Kier molecular flexibility index (Phi) is 4.02. The Morgan fingerprint density at radius 2 is 1.79 bits per heavy atom. The molecule has 0 spiro atoms. The minimum absolute atomic E-state index is 0.221. The third-order valence-corrected chi connectivity index (χ3v) is 3.55. The molecular weight excluding hydrogens is 312 g/mol. The van der Waals surface area contributed by atoms with Crippen molar-refractivity contribution in [2.24, 2.45) is 5.73 Å². The first-order valence-corrected chi connectivity index (χ1v) is 6.67. The van der Waals surface area contributed by atoms with Crippen molar-refractivity contribution in [3.05, 3.63) is 69.7 Å². The highest BCUT2D eigenvalue weighted by molar-refractivity contribution is 9.10. The van der Waals surface area contributed by atoms with Gasteiger partial charge in [-0.2, -0.15) is 0 Å². The maximum absolute atomic E-state index is 13.8. The Morgan fingerprint density at radius 3 is 2.47 bits per heavy atom. The summed E-state index contributed by atoms with van der Waals surface area (Å²) in [7, 11) is 0. The van der Waals surface area contributed by atoms with E-state index in [0.717, 1.165) is 4.47 Å². The first-order valence-electron chi connectivity index (χ1n) is 5.88. The molecule has 1 unspecified atom stereocenters. The van der Waals surface area contributed by atoms with E-state index in [9.17, 15) is 8.78 Å². The van der Waals surface area contributed by atoms with E-state index >= 15 is 0 Å². The molecule has 0 aliphatic rings. The maximum atomic E-state index is 13.8. The fraction of sp³-hybridized carbons (Fsp3) is 0.200. The molecule has 0 aliphatic heterocycles. The number of nitrogens with two attached hydrogens (primary N) is 1. The van der Waals surface area contributed by atoms with Gasteiger partial charge in [0.2, 0.25) is 0 Å². The van der Waals surface area contributed by atoms with Crippen LogP contribution in [0.25, 0.3) is 0 Å². The number of rotatable bonds is 3. The molecule has 0 saturated carbocycles. The Labute approximate surface area is 119 Å². The fourth-order valence-electron chi connectivity index (χ4n) is 2.09. The number of halogens is 3. The molecule has 0 amide bonds. The van der Waals surface area contributed by atoms with Crippen molar-refractivity contribution in [1.82, 2.24) is 0 Å². The third kappa shape index (κ3) is 3.19. The molecule has 2 aromatic carbocycles. The molecule has 0 heterocycles. The predicted molar refractivity (Wildman–Crippen MR) is 75.7 cm³/mol. The van der Waals surface area contributed by atoms with Gasteiger partial charge in [-0.05, 0) is 43.2 Å². The third-order valence-electron chi connectivity index (χ3n) is 3.05. The Morgan fingerprint density at radius 1 is 1.11 bits per heavy atom. The van der Waals surface area contributed by atoms with Gasteiger partial charge in [-0.3, -0.25) is 0 Å². The number of benzene rings is 2. The molecule has 2 aromatic rings. The first kappa shape index (κ1) is 14.2. The normalized spacial score (nSPS) is 14.2. The van der Waals surface area contributed by atoms with Gasteiger partial charge < -0.3 is 5.73 Å². The van der Waals surface area contributed by atoms with Gasteiger partial charge in [0, 0.05) is 15.6 Å². The van der Waals surface area contributed by atoms with Crippen LogP contribution in [0.3, 0.4) is 0 Å². The second-order valence-corrected chi connectivity index (χ2v) is 5.73.